The van der Waals surface area contributed by atoms with Crippen LogP contribution in [0.1, 0.15) is 49.8 Å². The number of thiazole rings is 1. The van der Waals surface area contributed by atoms with Gasteiger partial charge in [0.25, 0.3) is 5.78 Å². The van der Waals surface area contributed by atoms with Gasteiger partial charge in [-0.3, -0.25) is 19.3 Å². The lowest BCUT2D eigenvalue weighted by Gasteiger charge is -2.23. The molecule has 2 aliphatic heterocycles. The number of methoxy groups -OCH3 is 1. The summed E-state index contributed by atoms with van der Waals surface area (Å²) >= 11 is 0.986. The molecule has 1 N–H and O–H groups in total. The molecular formula is C27H22N2O8S. The number of fused-ring (bicyclic) bond motifs is 1. The van der Waals surface area contributed by atoms with Crippen molar-refractivity contribution >= 4 is 45.7 Å². The van der Waals surface area contributed by atoms with E-state index in [2.05, 4.69) is 4.98 Å². The SMILES string of the molecule is COC(=O)c1ccc([C@@H]2C(=C(O)c3ccc4c(c3)OCCO4)C(=O)C(=O)N2c2nc(C)c(C(C)=O)s2)cc1. The van der Waals surface area contributed by atoms with Crippen molar-refractivity contribution in [3.05, 3.63) is 75.3 Å². The summed E-state index contributed by atoms with van der Waals surface area (Å²) in [5.41, 5.74) is 1.21. The lowest BCUT2D eigenvalue weighted by molar-refractivity contribution is -0.132. The minimum Gasteiger partial charge on any atom is -0.507 e. The normalized spacial score (nSPS) is 18.0. The molecule has 0 aliphatic carbocycles. The van der Waals surface area contributed by atoms with Crippen LogP contribution in [0.2, 0.25) is 0 Å². The van der Waals surface area contributed by atoms with E-state index in [1.807, 2.05) is 0 Å². The highest BCUT2D eigenvalue weighted by molar-refractivity contribution is 7.18. The first-order valence-corrected chi connectivity index (χ1v) is 12.4. The highest BCUT2D eigenvalue weighted by Gasteiger charge is 2.48. The van der Waals surface area contributed by atoms with Crippen molar-refractivity contribution < 1.29 is 38.5 Å². The molecule has 3 aromatic rings. The molecule has 1 fully saturated rings. The quantitative estimate of drug-likeness (QED) is 0.170. The molecule has 1 saturated heterocycles. The number of amides is 1. The fourth-order valence-electron chi connectivity index (χ4n) is 4.42. The first kappa shape index (κ1) is 25.2. The average Bonchev–Trinajstić information content (AvgIpc) is 3.44. The number of ketones is 2. The number of aryl methyl sites for hydroxylation is 1. The Hall–Kier alpha value is -4.51. The van der Waals surface area contributed by atoms with Gasteiger partial charge in [0.2, 0.25) is 0 Å². The highest BCUT2D eigenvalue weighted by Crippen LogP contribution is 2.44. The summed E-state index contributed by atoms with van der Waals surface area (Å²) in [5, 5.41) is 11.5. The number of rotatable bonds is 5. The van der Waals surface area contributed by atoms with Crippen molar-refractivity contribution in [3.8, 4) is 11.5 Å². The van der Waals surface area contributed by atoms with Crippen LogP contribution >= 0.6 is 11.3 Å². The Balaban J connectivity index is 1.68. The van der Waals surface area contributed by atoms with Gasteiger partial charge >= 0.3 is 11.9 Å². The van der Waals surface area contributed by atoms with Gasteiger partial charge in [-0.2, -0.15) is 0 Å². The Morgan fingerprint density at radius 3 is 2.34 bits per heavy atom. The predicted molar refractivity (Wildman–Crippen MR) is 137 cm³/mol. The zero-order valence-corrected chi connectivity index (χ0v) is 21.5. The van der Waals surface area contributed by atoms with Crippen molar-refractivity contribution in [3.63, 3.8) is 0 Å². The molecule has 1 aromatic heterocycles. The summed E-state index contributed by atoms with van der Waals surface area (Å²) in [7, 11) is 1.26. The number of aliphatic hydroxyl groups is 1. The third-order valence-corrected chi connectivity index (χ3v) is 7.48. The lowest BCUT2D eigenvalue weighted by Crippen LogP contribution is -2.29. The maximum atomic E-state index is 13.4. The average molecular weight is 535 g/mol. The van der Waals surface area contributed by atoms with Crippen LogP contribution < -0.4 is 14.4 Å². The molecule has 0 radical (unpaired) electrons. The Morgan fingerprint density at radius 1 is 1.05 bits per heavy atom. The molecule has 1 atom stereocenters. The van der Waals surface area contributed by atoms with Crippen LogP contribution in [-0.2, 0) is 14.3 Å². The van der Waals surface area contributed by atoms with E-state index in [0.29, 0.717) is 40.8 Å². The minimum atomic E-state index is -1.08. The molecule has 2 aromatic carbocycles. The van der Waals surface area contributed by atoms with Gasteiger partial charge in [-0.1, -0.05) is 23.5 Å². The van der Waals surface area contributed by atoms with E-state index in [1.165, 1.54) is 37.1 Å². The number of nitrogens with zero attached hydrogens (tertiary/aromatic N) is 2. The monoisotopic (exact) mass is 534 g/mol. The number of ether oxygens (including phenoxy) is 3. The molecule has 2 aliphatic rings. The van der Waals surface area contributed by atoms with E-state index < -0.39 is 29.5 Å². The topological polar surface area (TPSA) is 132 Å². The molecule has 5 rings (SSSR count). The van der Waals surface area contributed by atoms with Gasteiger partial charge in [0, 0.05) is 12.5 Å². The number of Topliss-reactive ketones (excluding diaryl/α,β-unsaturated/α-hetero) is 2. The molecule has 38 heavy (non-hydrogen) atoms. The standard InChI is InChI=1S/C27H22N2O8S/c1-13-24(14(2)30)38-27(28-13)29-21(15-4-6-16(7-5-15)26(34)35-3)20(23(32)25(29)33)22(31)17-8-9-18-19(12-17)37-11-10-36-18/h4-9,12,21,31H,10-11H2,1-3H3/t21-/m1/s1. The molecule has 194 valence electrons. The molecule has 10 nitrogen and oxygen atoms in total. The molecule has 0 bridgehead atoms. The van der Waals surface area contributed by atoms with Gasteiger partial charge in [-0.05, 0) is 42.8 Å². The Bertz CT molecular complexity index is 1520. The van der Waals surface area contributed by atoms with Crippen LogP contribution in [-0.4, -0.2) is 53.9 Å². The smallest absolute Gasteiger partial charge is 0.337 e. The number of hydrogen-bond acceptors (Lipinski definition) is 10. The summed E-state index contributed by atoms with van der Waals surface area (Å²) in [4.78, 5) is 56.7. The molecule has 0 saturated carbocycles. The summed E-state index contributed by atoms with van der Waals surface area (Å²) in [6, 6.07) is 9.77. The van der Waals surface area contributed by atoms with Crippen LogP contribution in [0.4, 0.5) is 5.13 Å². The third kappa shape index (κ3) is 4.20. The van der Waals surface area contributed by atoms with E-state index in [0.717, 1.165) is 11.3 Å². The van der Waals surface area contributed by atoms with Gasteiger partial charge in [0.15, 0.2) is 22.4 Å². The fraction of sp³-hybridized carbons (Fsp3) is 0.222. The summed E-state index contributed by atoms with van der Waals surface area (Å²) < 4.78 is 15.9. The van der Waals surface area contributed by atoms with E-state index in [-0.39, 0.29) is 27.6 Å². The van der Waals surface area contributed by atoms with Crippen LogP contribution in [0.5, 0.6) is 11.5 Å². The van der Waals surface area contributed by atoms with Crippen LogP contribution in [0.15, 0.2) is 48.0 Å². The summed E-state index contributed by atoms with van der Waals surface area (Å²) in [6.07, 6.45) is 0. The molecule has 3 heterocycles. The number of aliphatic hydroxyl groups excluding tert-OH is 1. The predicted octanol–water partition coefficient (Wildman–Crippen LogP) is 3.84. The number of aromatic nitrogens is 1. The highest BCUT2D eigenvalue weighted by atomic mass is 32.1. The van der Waals surface area contributed by atoms with Crippen molar-refractivity contribution in [2.75, 3.05) is 25.2 Å². The lowest BCUT2D eigenvalue weighted by atomic mass is 9.94. The first-order valence-electron chi connectivity index (χ1n) is 11.6. The number of carbonyl (C=O) groups excluding carboxylic acids is 4. The molecule has 0 spiro atoms. The van der Waals surface area contributed by atoms with E-state index in [4.69, 9.17) is 14.2 Å². The molecule has 11 heteroatoms. The number of anilines is 1. The van der Waals surface area contributed by atoms with Crippen LogP contribution in [0.25, 0.3) is 5.76 Å². The number of esters is 1. The van der Waals surface area contributed by atoms with Crippen LogP contribution in [0.3, 0.4) is 0 Å². The second-order valence-electron chi connectivity index (χ2n) is 8.61. The Labute approximate surface area is 221 Å². The van der Waals surface area contributed by atoms with Crippen molar-refractivity contribution in [1.29, 1.82) is 0 Å². The van der Waals surface area contributed by atoms with Gasteiger partial charge in [-0.25, -0.2) is 9.78 Å². The Kier molecular flexibility index (Phi) is 6.45. The number of carbonyl (C=O) groups is 4. The zero-order valence-electron chi connectivity index (χ0n) is 20.6. The molecule has 1 amide bonds. The van der Waals surface area contributed by atoms with E-state index >= 15 is 0 Å². The number of benzene rings is 2. The largest absolute Gasteiger partial charge is 0.507 e. The third-order valence-electron chi connectivity index (χ3n) is 6.22. The second kappa shape index (κ2) is 9.75. The van der Waals surface area contributed by atoms with Crippen molar-refractivity contribution in [2.24, 2.45) is 0 Å². The van der Waals surface area contributed by atoms with Crippen molar-refractivity contribution in [1.82, 2.24) is 4.98 Å². The minimum absolute atomic E-state index is 0.137. The number of hydrogen-bond donors (Lipinski definition) is 1. The van der Waals surface area contributed by atoms with Crippen molar-refractivity contribution in [2.45, 2.75) is 19.9 Å². The van der Waals surface area contributed by atoms with Gasteiger partial charge in [0.05, 0.1) is 34.9 Å². The van der Waals surface area contributed by atoms with E-state index in [1.54, 1.807) is 31.2 Å². The maximum Gasteiger partial charge on any atom is 0.337 e. The summed E-state index contributed by atoms with van der Waals surface area (Å²) in [5.74, 6) is -2.12. The van der Waals surface area contributed by atoms with Gasteiger partial charge in [-0.15, -0.1) is 0 Å². The van der Waals surface area contributed by atoms with Gasteiger partial charge in [0.1, 0.15) is 19.0 Å². The maximum absolute atomic E-state index is 13.4. The van der Waals surface area contributed by atoms with E-state index in [9.17, 15) is 24.3 Å². The molecular weight excluding hydrogens is 512 g/mol. The summed E-state index contributed by atoms with van der Waals surface area (Å²) in [6.45, 7) is 3.75. The fourth-order valence-corrected chi connectivity index (χ4v) is 5.41. The molecule has 0 unspecified atom stereocenters. The first-order chi connectivity index (χ1) is 18.2. The Morgan fingerprint density at radius 2 is 1.71 bits per heavy atom. The van der Waals surface area contributed by atoms with Gasteiger partial charge < -0.3 is 19.3 Å². The van der Waals surface area contributed by atoms with Crippen LogP contribution in [0, 0.1) is 6.92 Å². The zero-order chi connectivity index (χ0) is 27.1. The second-order valence-corrected chi connectivity index (χ2v) is 9.59.